The van der Waals surface area contributed by atoms with Gasteiger partial charge in [0.2, 0.25) is 0 Å². The third kappa shape index (κ3) is 2.42. The number of aliphatic hydroxyl groups is 2. The number of carboxylic acids is 1. The van der Waals surface area contributed by atoms with Gasteiger partial charge in [0.05, 0.1) is 0 Å². The van der Waals surface area contributed by atoms with Crippen LogP contribution in [0.5, 0.6) is 0 Å². The number of carbonyl (C=O) groups is 1. The van der Waals surface area contributed by atoms with Crippen molar-refractivity contribution in [3.8, 4) is 0 Å². The van der Waals surface area contributed by atoms with Gasteiger partial charge in [0, 0.05) is 11.3 Å². The molecule has 0 aromatic heterocycles. The van der Waals surface area contributed by atoms with Crippen LogP contribution >= 0.6 is 0 Å². The molecule has 1 rings (SSSR count). The molecule has 0 saturated heterocycles. The molecule has 5 N–H and O–H groups in total. The van der Waals surface area contributed by atoms with E-state index in [1.54, 1.807) is 0 Å². The number of hydrogen-bond acceptors (Lipinski definition) is 4. The molecule has 0 spiro atoms. The van der Waals surface area contributed by atoms with Gasteiger partial charge in [-0.15, -0.1) is 0 Å². The van der Waals surface area contributed by atoms with E-state index in [0.717, 1.165) is 12.1 Å². The van der Waals surface area contributed by atoms with Crippen molar-refractivity contribution in [1.29, 1.82) is 0 Å². The summed E-state index contributed by atoms with van der Waals surface area (Å²) in [5.74, 6) is -2.46. The van der Waals surface area contributed by atoms with Crippen LogP contribution in [0.2, 0.25) is 0 Å². The summed E-state index contributed by atoms with van der Waals surface area (Å²) < 4.78 is 13.1. The third-order valence-electron chi connectivity index (χ3n) is 1.89. The van der Waals surface area contributed by atoms with E-state index in [4.69, 9.17) is 15.9 Å². The van der Waals surface area contributed by atoms with Crippen molar-refractivity contribution in [3.05, 3.63) is 29.6 Å². The van der Waals surface area contributed by atoms with Crippen LogP contribution in [0.15, 0.2) is 18.2 Å². The van der Waals surface area contributed by atoms with E-state index < -0.39 is 24.0 Å². The van der Waals surface area contributed by atoms with Crippen LogP contribution in [0.1, 0.15) is 11.7 Å². The number of aliphatic hydroxyl groups excluding tert-OH is 2. The summed E-state index contributed by atoms with van der Waals surface area (Å²) in [6, 6.07) is 3.33. The molecule has 15 heavy (non-hydrogen) atoms. The zero-order chi connectivity index (χ0) is 11.6. The first-order chi connectivity index (χ1) is 6.93. The van der Waals surface area contributed by atoms with Gasteiger partial charge in [-0.2, -0.15) is 0 Å². The van der Waals surface area contributed by atoms with Crippen LogP contribution in [0.25, 0.3) is 0 Å². The molecule has 0 saturated carbocycles. The van der Waals surface area contributed by atoms with Gasteiger partial charge in [-0.3, -0.25) is 0 Å². The molecule has 0 bridgehead atoms. The van der Waals surface area contributed by atoms with Crippen molar-refractivity contribution in [3.63, 3.8) is 0 Å². The Balaban J connectivity index is 3.04. The number of hydrogen-bond donors (Lipinski definition) is 4. The number of rotatable bonds is 3. The Labute approximate surface area is 84.6 Å². The highest BCUT2D eigenvalue weighted by Gasteiger charge is 2.27. The fraction of sp³-hybridized carbons (Fsp3) is 0.222. The third-order valence-corrected chi connectivity index (χ3v) is 1.89. The fourth-order valence-electron chi connectivity index (χ4n) is 1.09. The second-order valence-electron chi connectivity index (χ2n) is 3.01. The fourth-order valence-corrected chi connectivity index (χ4v) is 1.09. The molecule has 2 unspecified atom stereocenters. The molecule has 1 aromatic rings. The van der Waals surface area contributed by atoms with Gasteiger partial charge in [0.1, 0.15) is 11.9 Å². The van der Waals surface area contributed by atoms with Crippen molar-refractivity contribution in [1.82, 2.24) is 0 Å². The Bertz CT molecular complexity index is 382. The van der Waals surface area contributed by atoms with E-state index in [9.17, 15) is 14.3 Å². The molecule has 0 radical (unpaired) electrons. The van der Waals surface area contributed by atoms with E-state index in [0.29, 0.717) is 0 Å². The predicted octanol–water partition coefficient (Wildman–Crippen LogP) is -0.113. The van der Waals surface area contributed by atoms with Crippen molar-refractivity contribution >= 4 is 11.7 Å². The molecule has 0 fully saturated rings. The Morgan fingerprint density at radius 3 is 2.53 bits per heavy atom. The summed E-state index contributed by atoms with van der Waals surface area (Å²) in [5, 5.41) is 26.8. The van der Waals surface area contributed by atoms with Gasteiger partial charge in [0.15, 0.2) is 6.10 Å². The maximum absolute atomic E-state index is 13.1. The zero-order valence-corrected chi connectivity index (χ0v) is 7.59. The lowest BCUT2D eigenvalue weighted by Gasteiger charge is -2.15. The maximum Gasteiger partial charge on any atom is 0.335 e. The van der Waals surface area contributed by atoms with E-state index in [1.165, 1.54) is 6.07 Å². The minimum Gasteiger partial charge on any atom is -0.479 e. The van der Waals surface area contributed by atoms with Gasteiger partial charge in [-0.25, -0.2) is 9.18 Å². The monoisotopic (exact) mass is 215 g/mol. The number of halogens is 1. The molecule has 2 atom stereocenters. The van der Waals surface area contributed by atoms with Gasteiger partial charge in [-0.05, 0) is 18.2 Å². The van der Waals surface area contributed by atoms with Gasteiger partial charge in [-0.1, -0.05) is 0 Å². The van der Waals surface area contributed by atoms with Crippen LogP contribution in [-0.2, 0) is 4.79 Å². The lowest BCUT2D eigenvalue weighted by molar-refractivity contribution is -0.153. The molecular weight excluding hydrogens is 205 g/mol. The highest BCUT2D eigenvalue weighted by Crippen LogP contribution is 2.22. The molecule has 0 heterocycles. The molecule has 0 aliphatic rings. The lowest BCUT2D eigenvalue weighted by Crippen LogP contribution is -2.28. The highest BCUT2D eigenvalue weighted by molar-refractivity contribution is 5.73. The van der Waals surface area contributed by atoms with Crippen molar-refractivity contribution in [2.24, 2.45) is 0 Å². The average Bonchev–Trinajstić information content (AvgIpc) is 2.19. The molecule has 0 aliphatic carbocycles. The minimum absolute atomic E-state index is 0.169. The first kappa shape index (κ1) is 11.4. The molecule has 1 aromatic carbocycles. The summed E-state index contributed by atoms with van der Waals surface area (Å²) in [5.41, 5.74) is 5.16. The largest absolute Gasteiger partial charge is 0.479 e. The Hall–Kier alpha value is -1.66. The smallest absolute Gasteiger partial charge is 0.335 e. The molecule has 5 nitrogen and oxygen atoms in total. The summed E-state index contributed by atoms with van der Waals surface area (Å²) in [6.45, 7) is 0. The zero-order valence-electron chi connectivity index (χ0n) is 7.59. The summed E-state index contributed by atoms with van der Waals surface area (Å²) in [7, 11) is 0. The first-order valence-corrected chi connectivity index (χ1v) is 4.07. The number of aliphatic carboxylic acids is 1. The number of anilines is 1. The van der Waals surface area contributed by atoms with Crippen LogP contribution in [0.4, 0.5) is 10.1 Å². The Morgan fingerprint density at radius 1 is 1.40 bits per heavy atom. The van der Waals surface area contributed by atoms with Crippen LogP contribution < -0.4 is 5.73 Å². The molecule has 6 heteroatoms. The van der Waals surface area contributed by atoms with Crippen molar-refractivity contribution < 1.29 is 24.5 Å². The normalized spacial score (nSPS) is 14.6. The molecular formula is C9H10FNO4. The second-order valence-corrected chi connectivity index (χ2v) is 3.01. The number of carboxylic acid groups (broad SMARTS) is 1. The Kier molecular flexibility index (Phi) is 3.23. The summed E-state index contributed by atoms with van der Waals surface area (Å²) in [4.78, 5) is 10.3. The average molecular weight is 215 g/mol. The minimum atomic E-state index is -2.08. The molecule has 0 amide bonds. The van der Waals surface area contributed by atoms with Gasteiger partial charge >= 0.3 is 5.97 Å². The Morgan fingerprint density at radius 2 is 2.00 bits per heavy atom. The topological polar surface area (TPSA) is 104 Å². The van der Waals surface area contributed by atoms with Gasteiger partial charge < -0.3 is 21.1 Å². The lowest BCUT2D eigenvalue weighted by atomic mass is 10.0. The summed E-state index contributed by atoms with van der Waals surface area (Å²) in [6.07, 6.45) is -3.92. The maximum atomic E-state index is 13.1. The number of nitrogens with two attached hydrogens (primary N) is 1. The van der Waals surface area contributed by atoms with Crippen molar-refractivity contribution in [2.75, 3.05) is 5.73 Å². The van der Waals surface area contributed by atoms with Crippen molar-refractivity contribution in [2.45, 2.75) is 12.2 Å². The standard InChI is InChI=1S/C9H10FNO4/c10-6-2-1-4(11)3-5(6)7(12)8(13)9(14)15/h1-3,7-8,12-13H,11H2,(H,14,15). The van der Waals surface area contributed by atoms with Crippen LogP contribution in [0.3, 0.4) is 0 Å². The first-order valence-electron chi connectivity index (χ1n) is 4.07. The van der Waals surface area contributed by atoms with E-state index in [2.05, 4.69) is 0 Å². The molecule has 82 valence electrons. The predicted molar refractivity (Wildman–Crippen MR) is 49.4 cm³/mol. The van der Waals surface area contributed by atoms with Gasteiger partial charge in [0.25, 0.3) is 0 Å². The van der Waals surface area contributed by atoms with Crippen LogP contribution in [0, 0.1) is 5.82 Å². The van der Waals surface area contributed by atoms with E-state index in [1.807, 2.05) is 0 Å². The quantitative estimate of drug-likeness (QED) is 0.526. The van der Waals surface area contributed by atoms with E-state index in [-0.39, 0.29) is 11.3 Å². The van der Waals surface area contributed by atoms with Crippen LogP contribution in [-0.4, -0.2) is 27.4 Å². The summed E-state index contributed by atoms with van der Waals surface area (Å²) >= 11 is 0. The highest BCUT2D eigenvalue weighted by atomic mass is 19.1. The SMILES string of the molecule is Nc1ccc(F)c(C(O)C(O)C(=O)O)c1. The number of benzene rings is 1. The molecule has 0 aliphatic heterocycles. The number of nitrogen functional groups attached to an aromatic ring is 1. The second kappa shape index (κ2) is 4.24. The van der Waals surface area contributed by atoms with E-state index >= 15 is 0 Å².